The molecule has 1 heterocycles. The van der Waals surface area contributed by atoms with E-state index in [2.05, 4.69) is 5.92 Å². The van der Waals surface area contributed by atoms with E-state index in [4.69, 9.17) is 11.2 Å². The second-order valence-electron chi connectivity index (χ2n) is 5.73. The molecule has 88 valence electrons. The molecule has 1 aliphatic heterocycles. The lowest BCUT2D eigenvalue weighted by Crippen LogP contribution is -2.46. The fourth-order valence-electron chi connectivity index (χ4n) is 2.78. The Labute approximate surface area is 97.1 Å². The second-order valence-corrected chi connectivity index (χ2v) is 5.73. The van der Waals surface area contributed by atoms with Gasteiger partial charge in [-0.1, -0.05) is 5.92 Å². The molecule has 3 nitrogen and oxygen atoms in total. The molecule has 1 saturated heterocycles. The van der Waals surface area contributed by atoms with Crippen molar-refractivity contribution in [2.45, 2.75) is 57.7 Å². The quantitative estimate of drug-likeness (QED) is 0.588. The zero-order valence-corrected chi connectivity index (χ0v) is 10.2. The Bertz CT molecular complexity index is 337. The van der Waals surface area contributed by atoms with Crippen LogP contribution in [-0.4, -0.2) is 28.7 Å². The number of likely N-dealkylation sites (tertiary alicyclic amines) is 1. The van der Waals surface area contributed by atoms with Crippen LogP contribution in [-0.2, 0) is 4.74 Å². The van der Waals surface area contributed by atoms with E-state index in [1.54, 1.807) is 4.90 Å². The van der Waals surface area contributed by atoms with E-state index in [-0.39, 0.29) is 12.1 Å². The van der Waals surface area contributed by atoms with Crippen LogP contribution in [0.5, 0.6) is 0 Å². The summed E-state index contributed by atoms with van der Waals surface area (Å²) in [5.74, 6) is 3.23. The van der Waals surface area contributed by atoms with Crippen molar-refractivity contribution in [2.24, 2.45) is 5.92 Å². The lowest BCUT2D eigenvalue weighted by Gasteiger charge is -2.33. The molecular formula is C13H19NO2. The minimum atomic E-state index is -0.446. The Hall–Kier alpha value is -1.17. The maximum atomic E-state index is 12.0. The fourth-order valence-corrected chi connectivity index (χ4v) is 2.78. The van der Waals surface area contributed by atoms with E-state index in [1.807, 2.05) is 20.8 Å². The Morgan fingerprint density at radius 3 is 2.69 bits per heavy atom. The molecule has 0 radical (unpaired) electrons. The Balaban J connectivity index is 2.09. The molecule has 0 N–H and O–H groups in total. The Kier molecular flexibility index (Phi) is 2.61. The molecule has 0 aromatic rings. The smallest absolute Gasteiger partial charge is 0.411 e. The molecule has 3 atom stereocenters. The van der Waals surface area contributed by atoms with E-state index in [0.29, 0.717) is 12.0 Å². The number of hydrogen-bond donors (Lipinski definition) is 0. The standard InChI is InChI=1S/C13H19NO2/c1-5-11-9-6-7-10(8-9)14(11)12(15)16-13(2,3)4/h1,9-11H,6-8H2,2-4H3/t9-,10+,11+/m0/s1. The SMILES string of the molecule is C#C[C@@H]1[C@H]2CC[C@H](C2)N1C(=O)OC(C)(C)C. The number of fused-ring (bicyclic) bond motifs is 2. The van der Waals surface area contributed by atoms with Crippen LogP contribution in [0.3, 0.4) is 0 Å². The van der Waals surface area contributed by atoms with Crippen molar-refractivity contribution in [3.05, 3.63) is 0 Å². The third-order valence-corrected chi connectivity index (χ3v) is 3.36. The minimum absolute atomic E-state index is 0.0476. The van der Waals surface area contributed by atoms with Crippen LogP contribution < -0.4 is 0 Å². The third kappa shape index (κ3) is 1.89. The molecule has 0 aromatic heterocycles. The first-order valence-electron chi connectivity index (χ1n) is 5.90. The highest BCUT2D eigenvalue weighted by molar-refractivity contribution is 5.70. The van der Waals surface area contributed by atoms with Gasteiger partial charge in [-0.25, -0.2) is 4.79 Å². The van der Waals surface area contributed by atoms with Crippen LogP contribution in [0.25, 0.3) is 0 Å². The molecule has 1 aliphatic carbocycles. The molecule has 2 rings (SSSR count). The summed E-state index contributed by atoms with van der Waals surface area (Å²) in [6, 6.07) is 0.259. The van der Waals surface area contributed by atoms with Crippen LogP contribution in [0.2, 0.25) is 0 Å². The number of terminal acetylenes is 1. The van der Waals surface area contributed by atoms with Crippen molar-refractivity contribution in [3.63, 3.8) is 0 Å². The van der Waals surface area contributed by atoms with Gasteiger partial charge in [0.05, 0.1) is 6.04 Å². The van der Waals surface area contributed by atoms with Crippen LogP contribution in [0.4, 0.5) is 4.79 Å². The van der Waals surface area contributed by atoms with Crippen molar-refractivity contribution in [1.82, 2.24) is 4.90 Å². The molecule has 16 heavy (non-hydrogen) atoms. The van der Waals surface area contributed by atoms with Crippen LogP contribution in [0, 0.1) is 18.3 Å². The predicted molar refractivity (Wildman–Crippen MR) is 61.8 cm³/mol. The number of ether oxygens (including phenoxy) is 1. The maximum absolute atomic E-state index is 12.0. The lowest BCUT2D eigenvalue weighted by molar-refractivity contribution is 0.0135. The van der Waals surface area contributed by atoms with E-state index in [9.17, 15) is 4.79 Å². The van der Waals surface area contributed by atoms with Crippen LogP contribution in [0.1, 0.15) is 40.0 Å². The number of piperidine rings is 1. The number of carbonyl (C=O) groups is 1. The normalized spacial score (nSPS) is 32.6. The van der Waals surface area contributed by atoms with E-state index in [1.165, 1.54) is 0 Å². The van der Waals surface area contributed by atoms with E-state index >= 15 is 0 Å². The van der Waals surface area contributed by atoms with Gasteiger partial charge >= 0.3 is 6.09 Å². The summed E-state index contributed by atoms with van der Waals surface area (Å²) >= 11 is 0. The molecule has 2 aliphatic rings. The van der Waals surface area contributed by atoms with Gasteiger partial charge in [-0.3, -0.25) is 4.90 Å². The first-order chi connectivity index (χ1) is 7.42. The summed E-state index contributed by atoms with van der Waals surface area (Å²) in [5.41, 5.74) is -0.446. The van der Waals surface area contributed by atoms with Crippen molar-refractivity contribution in [2.75, 3.05) is 0 Å². The zero-order valence-electron chi connectivity index (χ0n) is 10.2. The van der Waals surface area contributed by atoms with Crippen LogP contribution >= 0.6 is 0 Å². The van der Waals surface area contributed by atoms with Gasteiger partial charge in [0, 0.05) is 6.04 Å². The predicted octanol–water partition coefficient (Wildman–Crippen LogP) is 2.41. The van der Waals surface area contributed by atoms with E-state index in [0.717, 1.165) is 19.3 Å². The number of amides is 1. The Morgan fingerprint density at radius 1 is 1.44 bits per heavy atom. The molecule has 2 bridgehead atoms. The van der Waals surface area contributed by atoms with Gasteiger partial charge in [0.1, 0.15) is 5.60 Å². The second kappa shape index (κ2) is 3.69. The monoisotopic (exact) mass is 221 g/mol. The Morgan fingerprint density at radius 2 is 2.12 bits per heavy atom. The van der Waals surface area contributed by atoms with Gasteiger partial charge < -0.3 is 4.74 Å². The molecule has 2 fully saturated rings. The summed E-state index contributed by atoms with van der Waals surface area (Å²) in [4.78, 5) is 13.8. The third-order valence-electron chi connectivity index (χ3n) is 3.36. The van der Waals surface area contributed by atoms with Crippen molar-refractivity contribution < 1.29 is 9.53 Å². The average Bonchev–Trinajstić information content (AvgIpc) is 2.72. The molecule has 1 saturated carbocycles. The summed E-state index contributed by atoms with van der Waals surface area (Å²) in [6.07, 6.45) is 8.54. The minimum Gasteiger partial charge on any atom is -0.444 e. The highest BCUT2D eigenvalue weighted by Crippen LogP contribution is 2.42. The van der Waals surface area contributed by atoms with Crippen molar-refractivity contribution in [3.8, 4) is 12.3 Å². The molecule has 3 heteroatoms. The highest BCUT2D eigenvalue weighted by Gasteiger charge is 2.48. The summed E-state index contributed by atoms with van der Waals surface area (Å²) in [6.45, 7) is 5.64. The van der Waals surface area contributed by atoms with E-state index < -0.39 is 5.60 Å². The van der Waals surface area contributed by atoms with Gasteiger partial charge in [0.25, 0.3) is 0 Å². The van der Waals surface area contributed by atoms with Gasteiger partial charge in [-0.05, 0) is 46.0 Å². The maximum Gasteiger partial charge on any atom is 0.411 e. The average molecular weight is 221 g/mol. The lowest BCUT2D eigenvalue weighted by atomic mass is 10.00. The van der Waals surface area contributed by atoms with Gasteiger partial charge in [-0.2, -0.15) is 0 Å². The first-order valence-corrected chi connectivity index (χ1v) is 5.90. The first kappa shape index (κ1) is 11.3. The number of hydrogen-bond acceptors (Lipinski definition) is 2. The highest BCUT2D eigenvalue weighted by atomic mass is 16.6. The zero-order chi connectivity index (χ0) is 11.9. The van der Waals surface area contributed by atoms with Crippen LogP contribution in [0.15, 0.2) is 0 Å². The summed E-state index contributed by atoms with van der Waals surface area (Å²) in [7, 11) is 0. The van der Waals surface area contributed by atoms with Crippen molar-refractivity contribution >= 4 is 6.09 Å². The van der Waals surface area contributed by atoms with Gasteiger partial charge in [0.2, 0.25) is 0 Å². The number of nitrogens with zero attached hydrogens (tertiary/aromatic N) is 1. The fraction of sp³-hybridized carbons (Fsp3) is 0.769. The molecule has 0 aromatic carbocycles. The molecule has 1 amide bonds. The molecule has 0 unspecified atom stereocenters. The molecular weight excluding hydrogens is 202 g/mol. The topological polar surface area (TPSA) is 29.5 Å². The van der Waals surface area contributed by atoms with Gasteiger partial charge in [0.15, 0.2) is 0 Å². The molecule has 0 spiro atoms. The summed E-state index contributed by atoms with van der Waals surface area (Å²) in [5, 5.41) is 0. The number of rotatable bonds is 0. The summed E-state index contributed by atoms with van der Waals surface area (Å²) < 4.78 is 5.40. The van der Waals surface area contributed by atoms with Crippen molar-refractivity contribution in [1.29, 1.82) is 0 Å². The largest absolute Gasteiger partial charge is 0.444 e. The van der Waals surface area contributed by atoms with Gasteiger partial charge in [-0.15, -0.1) is 6.42 Å². The number of carbonyl (C=O) groups excluding carboxylic acids is 1.